The largest absolute Gasteiger partial charge is 0.327 e. The molecular weight excluding hydrogens is 411 g/mol. The predicted octanol–water partition coefficient (Wildman–Crippen LogP) is 2.97. The van der Waals surface area contributed by atoms with Crippen LogP contribution in [0.1, 0.15) is 29.5 Å². The van der Waals surface area contributed by atoms with Gasteiger partial charge >= 0.3 is 6.03 Å². The molecule has 32 heavy (non-hydrogen) atoms. The number of hydrogen-bond acceptors (Lipinski definition) is 4. The minimum absolute atomic E-state index is 0.0257. The number of piperidine rings is 1. The first kappa shape index (κ1) is 22.0. The van der Waals surface area contributed by atoms with E-state index in [1.807, 2.05) is 32.0 Å². The Hall–Kier alpha value is -3.26. The molecular formula is C24H27FN4O3. The third-order valence-corrected chi connectivity index (χ3v) is 6.07. The molecule has 0 bridgehead atoms. The Bertz CT molecular complexity index is 1040. The van der Waals surface area contributed by atoms with E-state index in [1.165, 1.54) is 17.0 Å². The summed E-state index contributed by atoms with van der Waals surface area (Å²) in [7, 11) is 0. The quantitative estimate of drug-likeness (QED) is 0.752. The summed E-state index contributed by atoms with van der Waals surface area (Å²) in [6.45, 7) is 4.40. The number of aryl methyl sites for hydroxylation is 2. The number of nitrogens with one attached hydrogen (secondary N) is 2. The summed E-state index contributed by atoms with van der Waals surface area (Å²) in [6, 6.07) is 10.0. The molecule has 0 radical (unpaired) electrons. The van der Waals surface area contributed by atoms with Gasteiger partial charge < -0.3 is 15.5 Å². The van der Waals surface area contributed by atoms with E-state index in [-0.39, 0.29) is 36.8 Å². The van der Waals surface area contributed by atoms with Gasteiger partial charge in [0.25, 0.3) is 0 Å². The SMILES string of the molecule is Cc1ccc(C)c(NC(=O)CN2C(=O)N(Cc3ccc(F)cc3)C(=O)C3NCCCC32)c1. The van der Waals surface area contributed by atoms with Gasteiger partial charge in [0.2, 0.25) is 11.8 Å². The Morgan fingerprint density at radius 1 is 1.16 bits per heavy atom. The molecule has 0 aliphatic carbocycles. The Balaban J connectivity index is 1.55. The Kier molecular flexibility index (Phi) is 6.23. The normalized spacial score (nSPS) is 20.8. The van der Waals surface area contributed by atoms with E-state index >= 15 is 0 Å². The molecule has 4 amide bonds. The van der Waals surface area contributed by atoms with Gasteiger partial charge in [0.15, 0.2) is 0 Å². The Labute approximate surface area is 186 Å². The molecule has 2 N–H and O–H groups in total. The molecule has 0 spiro atoms. The van der Waals surface area contributed by atoms with Crippen LogP contribution in [0.4, 0.5) is 14.9 Å². The number of amides is 4. The summed E-state index contributed by atoms with van der Waals surface area (Å²) < 4.78 is 13.3. The monoisotopic (exact) mass is 438 g/mol. The average Bonchev–Trinajstić information content (AvgIpc) is 2.78. The number of carbonyl (C=O) groups is 3. The van der Waals surface area contributed by atoms with Crippen LogP contribution in [0, 0.1) is 19.7 Å². The zero-order chi connectivity index (χ0) is 22.8. The topological polar surface area (TPSA) is 81.8 Å². The third kappa shape index (κ3) is 4.50. The van der Waals surface area contributed by atoms with Crippen LogP contribution in [-0.2, 0) is 16.1 Å². The fourth-order valence-corrected chi connectivity index (χ4v) is 4.34. The number of fused-ring (bicyclic) bond motifs is 1. The number of benzene rings is 2. The van der Waals surface area contributed by atoms with Gasteiger partial charge in [-0.15, -0.1) is 0 Å². The molecule has 0 saturated carbocycles. The van der Waals surface area contributed by atoms with Crippen molar-refractivity contribution >= 4 is 23.5 Å². The van der Waals surface area contributed by atoms with Gasteiger partial charge in [0.05, 0.1) is 12.6 Å². The molecule has 2 unspecified atom stereocenters. The van der Waals surface area contributed by atoms with Crippen LogP contribution >= 0.6 is 0 Å². The van der Waals surface area contributed by atoms with Gasteiger partial charge in [0.1, 0.15) is 18.4 Å². The first-order chi connectivity index (χ1) is 15.3. The molecule has 2 aliphatic rings. The number of halogens is 1. The standard InChI is InChI=1S/C24H27FN4O3/c1-15-5-6-16(2)19(12-15)27-21(30)14-28-20-4-3-11-26-22(20)23(31)29(24(28)32)13-17-7-9-18(25)10-8-17/h5-10,12,20,22,26H,3-4,11,13-14H2,1-2H3,(H,27,30). The maximum Gasteiger partial charge on any atom is 0.327 e. The predicted molar refractivity (Wildman–Crippen MR) is 118 cm³/mol. The lowest BCUT2D eigenvalue weighted by Crippen LogP contribution is -2.70. The first-order valence-corrected chi connectivity index (χ1v) is 10.8. The Morgan fingerprint density at radius 2 is 1.91 bits per heavy atom. The first-order valence-electron chi connectivity index (χ1n) is 10.8. The molecule has 4 rings (SSSR count). The van der Waals surface area contributed by atoms with Crippen molar-refractivity contribution in [3.63, 3.8) is 0 Å². The summed E-state index contributed by atoms with van der Waals surface area (Å²) in [5, 5.41) is 6.11. The van der Waals surface area contributed by atoms with Crippen LogP contribution in [0.15, 0.2) is 42.5 Å². The molecule has 8 heteroatoms. The number of hydrogen-bond donors (Lipinski definition) is 2. The minimum atomic E-state index is -0.560. The van der Waals surface area contributed by atoms with Crippen molar-refractivity contribution in [2.75, 3.05) is 18.4 Å². The van der Waals surface area contributed by atoms with Crippen molar-refractivity contribution in [1.82, 2.24) is 15.1 Å². The molecule has 2 atom stereocenters. The van der Waals surface area contributed by atoms with E-state index in [4.69, 9.17) is 0 Å². The van der Waals surface area contributed by atoms with E-state index in [0.29, 0.717) is 24.2 Å². The van der Waals surface area contributed by atoms with Crippen molar-refractivity contribution < 1.29 is 18.8 Å². The maximum absolute atomic E-state index is 13.3. The molecule has 168 valence electrons. The number of rotatable bonds is 5. The molecule has 2 saturated heterocycles. The molecule has 2 heterocycles. The van der Waals surface area contributed by atoms with Crippen molar-refractivity contribution in [2.45, 2.75) is 45.3 Å². The number of imide groups is 1. The van der Waals surface area contributed by atoms with Gasteiger partial charge in [-0.05, 0) is 68.1 Å². The van der Waals surface area contributed by atoms with E-state index in [2.05, 4.69) is 10.6 Å². The van der Waals surface area contributed by atoms with Crippen LogP contribution < -0.4 is 10.6 Å². The van der Waals surface area contributed by atoms with E-state index < -0.39 is 12.1 Å². The Morgan fingerprint density at radius 3 is 2.66 bits per heavy atom. The molecule has 0 aromatic heterocycles. The van der Waals surface area contributed by atoms with E-state index in [9.17, 15) is 18.8 Å². The summed E-state index contributed by atoms with van der Waals surface area (Å²) >= 11 is 0. The lowest BCUT2D eigenvalue weighted by Gasteiger charge is -2.46. The van der Waals surface area contributed by atoms with Gasteiger partial charge in [0, 0.05) is 5.69 Å². The molecule has 2 aromatic rings. The number of nitrogens with zero attached hydrogens (tertiary/aromatic N) is 2. The van der Waals surface area contributed by atoms with Gasteiger partial charge in [-0.3, -0.25) is 14.5 Å². The second-order valence-electron chi connectivity index (χ2n) is 8.47. The maximum atomic E-state index is 13.3. The van der Waals surface area contributed by atoms with E-state index in [1.54, 1.807) is 12.1 Å². The number of anilines is 1. The lowest BCUT2D eigenvalue weighted by molar-refractivity contribution is -0.138. The van der Waals surface area contributed by atoms with Gasteiger partial charge in [-0.1, -0.05) is 24.3 Å². The highest BCUT2D eigenvalue weighted by molar-refractivity contribution is 6.03. The second-order valence-corrected chi connectivity index (χ2v) is 8.47. The summed E-state index contributed by atoms with van der Waals surface area (Å²) in [5.74, 6) is -1.01. The van der Waals surface area contributed by atoms with Crippen LogP contribution in [0.2, 0.25) is 0 Å². The summed E-state index contributed by atoms with van der Waals surface area (Å²) in [4.78, 5) is 41.9. The highest BCUT2D eigenvalue weighted by Gasteiger charge is 2.47. The van der Waals surface area contributed by atoms with Crippen molar-refractivity contribution in [3.05, 3.63) is 65.0 Å². The summed E-state index contributed by atoms with van der Waals surface area (Å²) in [6.07, 6.45) is 1.46. The van der Waals surface area contributed by atoms with Gasteiger partial charge in [-0.2, -0.15) is 0 Å². The molecule has 2 fully saturated rings. The second kappa shape index (κ2) is 9.08. The fourth-order valence-electron chi connectivity index (χ4n) is 4.34. The zero-order valence-corrected chi connectivity index (χ0v) is 18.2. The van der Waals surface area contributed by atoms with Crippen LogP contribution in [0.5, 0.6) is 0 Å². The fraction of sp³-hybridized carbons (Fsp3) is 0.375. The van der Waals surface area contributed by atoms with Crippen molar-refractivity contribution in [1.29, 1.82) is 0 Å². The highest BCUT2D eigenvalue weighted by Crippen LogP contribution is 2.26. The molecule has 2 aromatic carbocycles. The zero-order valence-electron chi connectivity index (χ0n) is 18.2. The van der Waals surface area contributed by atoms with Crippen molar-refractivity contribution in [2.24, 2.45) is 0 Å². The number of urea groups is 1. The van der Waals surface area contributed by atoms with Crippen molar-refractivity contribution in [3.8, 4) is 0 Å². The smallest absolute Gasteiger partial charge is 0.324 e. The number of carbonyl (C=O) groups excluding carboxylic acids is 3. The molecule has 2 aliphatic heterocycles. The van der Waals surface area contributed by atoms with Crippen LogP contribution in [0.25, 0.3) is 0 Å². The van der Waals surface area contributed by atoms with Crippen LogP contribution in [0.3, 0.4) is 0 Å². The highest BCUT2D eigenvalue weighted by atomic mass is 19.1. The van der Waals surface area contributed by atoms with E-state index in [0.717, 1.165) is 22.4 Å². The van der Waals surface area contributed by atoms with Gasteiger partial charge in [-0.25, -0.2) is 9.18 Å². The minimum Gasteiger partial charge on any atom is -0.324 e. The third-order valence-electron chi connectivity index (χ3n) is 6.07. The molecule has 7 nitrogen and oxygen atoms in total. The lowest BCUT2D eigenvalue weighted by atomic mass is 9.93. The summed E-state index contributed by atoms with van der Waals surface area (Å²) in [5.41, 5.74) is 3.30. The van der Waals surface area contributed by atoms with Crippen LogP contribution in [-0.4, -0.2) is 52.8 Å². The average molecular weight is 439 g/mol.